The Balaban J connectivity index is 2.21. The number of rotatable bonds is 4. The summed E-state index contributed by atoms with van der Waals surface area (Å²) in [6, 6.07) is 8.77. The summed E-state index contributed by atoms with van der Waals surface area (Å²) in [4.78, 5) is 10.4. The molecule has 0 bridgehead atoms. The summed E-state index contributed by atoms with van der Waals surface area (Å²) in [5.41, 5.74) is 2.73. The summed E-state index contributed by atoms with van der Waals surface area (Å²) in [7, 11) is 0. The van der Waals surface area contributed by atoms with E-state index in [4.69, 9.17) is 11.6 Å². The normalized spacial score (nSPS) is 10.5. The van der Waals surface area contributed by atoms with Crippen molar-refractivity contribution in [2.75, 3.05) is 5.32 Å². The highest BCUT2D eigenvalue weighted by atomic mass is 79.9. The largest absolute Gasteiger partial charge is 0.379 e. The molecule has 0 aliphatic heterocycles. The molecule has 0 unspecified atom stereocenters. The van der Waals surface area contributed by atoms with E-state index < -0.39 is 4.92 Å². The second-order valence-corrected chi connectivity index (χ2v) is 6.62. The van der Waals surface area contributed by atoms with E-state index in [-0.39, 0.29) is 10.7 Å². The predicted molar refractivity (Wildman–Crippen MR) is 92.0 cm³/mol. The van der Waals surface area contributed by atoms with E-state index in [1.165, 1.54) is 12.1 Å². The first-order valence-electron chi connectivity index (χ1n) is 6.01. The Morgan fingerprint density at radius 1 is 1.24 bits per heavy atom. The number of nitro benzene ring substituents is 1. The molecule has 0 atom stereocenters. The van der Waals surface area contributed by atoms with Crippen LogP contribution in [0.2, 0.25) is 5.02 Å². The van der Waals surface area contributed by atoms with Crippen LogP contribution in [0.25, 0.3) is 0 Å². The summed E-state index contributed by atoms with van der Waals surface area (Å²) >= 11 is 12.8. The summed E-state index contributed by atoms with van der Waals surface area (Å²) in [6.07, 6.45) is 0. The fourth-order valence-corrected chi connectivity index (χ4v) is 3.75. The lowest BCUT2D eigenvalue weighted by Crippen LogP contribution is -2.02. The summed E-state index contributed by atoms with van der Waals surface area (Å²) in [5.74, 6) is 0. The van der Waals surface area contributed by atoms with Gasteiger partial charge >= 0.3 is 0 Å². The van der Waals surface area contributed by atoms with Gasteiger partial charge in [-0.2, -0.15) is 0 Å². The molecule has 0 aromatic heterocycles. The maximum Gasteiger partial charge on any atom is 0.288 e. The Hall–Kier alpha value is -1.11. The van der Waals surface area contributed by atoms with E-state index >= 15 is 0 Å². The zero-order chi connectivity index (χ0) is 15.6. The topological polar surface area (TPSA) is 55.2 Å². The van der Waals surface area contributed by atoms with Gasteiger partial charge in [0.2, 0.25) is 0 Å². The molecular formula is C14H11Br2ClN2O2. The number of hydrogen-bond donors (Lipinski definition) is 1. The van der Waals surface area contributed by atoms with Crippen LogP contribution >= 0.6 is 43.5 Å². The van der Waals surface area contributed by atoms with Gasteiger partial charge in [0.05, 0.1) is 10.6 Å². The number of benzene rings is 2. The molecule has 0 spiro atoms. The van der Waals surface area contributed by atoms with Gasteiger partial charge in [0.1, 0.15) is 5.02 Å². The number of aryl methyl sites for hydroxylation is 1. The number of halogens is 3. The molecule has 110 valence electrons. The highest BCUT2D eigenvalue weighted by Gasteiger charge is 2.13. The second kappa shape index (κ2) is 6.77. The van der Waals surface area contributed by atoms with Crippen molar-refractivity contribution in [2.45, 2.75) is 13.5 Å². The van der Waals surface area contributed by atoms with Crippen LogP contribution in [0.15, 0.2) is 39.3 Å². The minimum Gasteiger partial charge on any atom is -0.379 e. The number of nitrogens with zero attached hydrogens (tertiary/aromatic N) is 1. The van der Waals surface area contributed by atoms with Gasteiger partial charge in [-0.05, 0) is 68.1 Å². The van der Waals surface area contributed by atoms with E-state index in [0.29, 0.717) is 6.54 Å². The standard InChI is InChI=1S/C14H11Br2ClN2O2/c1-8-4-10(15)14(11(16)5-8)18-7-9-2-3-12(17)13(6-9)19(20)21/h2-6,18H,7H2,1H3. The fourth-order valence-electron chi connectivity index (χ4n) is 1.87. The molecule has 0 saturated carbocycles. The molecule has 0 fully saturated rings. The van der Waals surface area contributed by atoms with Crippen LogP contribution in [0.1, 0.15) is 11.1 Å². The Morgan fingerprint density at radius 3 is 2.43 bits per heavy atom. The molecule has 2 aromatic carbocycles. The first-order chi connectivity index (χ1) is 9.88. The average Bonchev–Trinajstić information content (AvgIpc) is 2.38. The summed E-state index contributed by atoms with van der Waals surface area (Å²) in [6.45, 7) is 2.46. The molecular weight excluding hydrogens is 423 g/mol. The Labute approximate surface area is 143 Å². The van der Waals surface area contributed by atoms with E-state index in [2.05, 4.69) is 37.2 Å². The molecule has 0 aliphatic carbocycles. The van der Waals surface area contributed by atoms with Crippen LogP contribution in [0, 0.1) is 17.0 Å². The average molecular weight is 435 g/mol. The minimum atomic E-state index is -0.483. The van der Waals surface area contributed by atoms with Gasteiger partial charge in [0.15, 0.2) is 0 Å². The Kier molecular flexibility index (Phi) is 5.24. The molecule has 2 rings (SSSR count). The van der Waals surface area contributed by atoms with Gasteiger partial charge in [-0.3, -0.25) is 10.1 Å². The van der Waals surface area contributed by atoms with Gasteiger partial charge in [-0.15, -0.1) is 0 Å². The van der Waals surface area contributed by atoms with Crippen molar-refractivity contribution in [3.63, 3.8) is 0 Å². The maximum absolute atomic E-state index is 10.9. The van der Waals surface area contributed by atoms with Crippen molar-refractivity contribution in [3.05, 3.63) is 65.5 Å². The Bertz CT molecular complexity index is 684. The lowest BCUT2D eigenvalue weighted by molar-refractivity contribution is -0.384. The van der Waals surface area contributed by atoms with Crippen molar-refractivity contribution in [1.82, 2.24) is 0 Å². The van der Waals surface area contributed by atoms with Gasteiger partial charge in [-0.1, -0.05) is 17.7 Å². The van der Waals surface area contributed by atoms with Crippen LogP contribution in [0.5, 0.6) is 0 Å². The minimum absolute atomic E-state index is 0.0852. The maximum atomic E-state index is 10.9. The third kappa shape index (κ3) is 3.96. The summed E-state index contributed by atoms with van der Waals surface area (Å²) in [5, 5.41) is 14.3. The monoisotopic (exact) mass is 432 g/mol. The molecule has 21 heavy (non-hydrogen) atoms. The van der Waals surface area contributed by atoms with Crippen LogP contribution < -0.4 is 5.32 Å². The lowest BCUT2D eigenvalue weighted by Gasteiger charge is -2.12. The van der Waals surface area contributed by atoms with Crippen molar-refractivity contribution in [3.8, 4) is 0 Å². The number of nitrogens with one attached hydrogen (secondary N) is 1. The smallest absolute Gasteiger partial charge is 0.288 e. The van der Waals surface area contributed by atoms with E-state index in [1.54, 1.807) is 6.07 Å². The van der Waals surface area contributed by atoms with Gasteiger partial charge in [-0.25, -0.2) is 0 Å². The summed E-state index contributed by atoms with van der Waals surface area (Å²) < 4.78 is 1.86. The third-order valence-corrected chi connectivity index (χ3v) is 4.43. The second-order valence-electron chi connectivity index (χ2n) is 4.50. The number of anilines is 1. The molecule has 2 aromatic rings. The van der Waals surface area contributed by atoms with Crippen molar-refractivity contribution < 1.29 is 4.92 Å². The zero-order valence-electron chi connectivity index (χ0n) is 11.0. The molecule has 0 heterocycles. The van der Waals surface area contributed by atoms with E-state index in [1.807, 2.05) is 19.1 Å². The molecule has 7 heteroatoms. The molecule has 0 radical (unpaired) electrons. The lowest BCUT2D eigenvalue weighted by atomic mass is 10.2. The third-order valence-electron chi connectivity index (χ3n) is 2.86. The molecule has 1 N–H and O–H groups in total. The Morgan fingerprint density at radius 2 is 1.86 bits per heavy atom. The van der Waals surface area contributed by atoms with Crippen molar-refractivity contribution in [2.24, 2.45) is 0 Å². The molecule has 0 saturated heterocycles. The number of hydrogen-bond acceptors (Lipinski definition) is 3. The molecule has 0 amide bonds. The molecule has 0 aliphatic rings. The van der Waals surface area contributed by atoms with Crippen LogP contribution in [-0.4, -0.2) is 4.92 Å². The van der Waals surface area contributed by atoms with E-state index in [0.717, 1.165) is 25.8 Å². The van der Waals surface area contributed by atoms with Crippen molar-refractivity contribution in [1.29, 1.82) is 0 Å². The van der Waals surface area contributed by atoms with Crippen molar-refractivity contribution >= 4 is 54.8 Å². The first kappa shape index (κ1) is 16.3. The number of nitro groups is 1. The van der Waals surface area contributed by atoms with Crippen LogP contribution in [-0.2, 0) is 6.54 Å². The highest BCUT2D eigenvalue weighted by molar-refractivity contribution is 9.11. The quantitative estimate of drug-likeness (QED) is 0.497. The van der Waals surface area contributed by atoms with E-state index in [9.17, 15) is 10.1 Å². The first-order valence-corrected chi connectivity index (χ1v) is 7.97. The highest BCUT2D eigenvalue weighted by Crippen LogP contribution is 2.33. The van der Waals surface area contributed by atoms with Crippen LogP contribution in [0.4, 0.5) is 11.4 Å². The molecule has 4 nitrogen and oxygen atoms in total. The van der Waals surface area contributed by atoms with Gasteiger partial charge < -0.3 is 5.32 Å². The van der Waals surface area contributed by atoms with Crippen LogP contribution in [0.3, 0.4) is 0 Å². The zero-order valence-corrected chi connectivity index (χ0v) is 14.9. The predicted octanol–water partition coefficient (Wildman–Crippen LogP) is 5.69. The SMILES string of the molecule is Cc1cc(Br)c(NCc2ccc(Cl)c([N+](=O)[O-])c2)c(Br)c1. The fraction of sp³-hybridized carbons (Fsp3) is 0.143. The van der Waals surface area contributed by atoms with Gasteiger partial charge in [0.25, 0.3) is 5.69 Å². The van der Waals surface area contributed by atoms with Gasteiger partial charge in [0, 0.05) is 21.6 Å².